The van der Waals surface area contributed by atoms with Gasteiger partial charge in [0.05, 0.1) is 12.8 Å². The van der Waals surface area contributed by atoms with Crippen LogP contribution in [0.1, 0.15) is 22.5 Å². The summed E-state index contributed by atoms with van der Waals surface area (Å²) in [6.07, 6.45) is 4.37. The van der Waals surface area contributed by atoms with Gasteiger partial charge in [-0.2, -0.15) is 0 Å². The number of rotatable bonds is 4. The molecule has 25 heavy (non-hydrogen) atoms. The minimum Gasteiger partial charge on any atom is -0.467 e. The molecule has 2 aromatic rings. The van der Waals surface area contributed by atoms with Crippen LogP contribution in [0, 0.1) is 13.8 Å². The van der Waals surface area contributed by atoms with Crippen molar-refractivity contribution in [1.82, 2.24) is 16.2 Å². The van der Waals surface area contributed by atoms with Crippen LogP contribution in [0.2, 0.25) is 0 Å². The fourth-order valence-corrected chi connectivity index (χ4v) is 2.06. The van der Waals surface area contributed by atoms with Gasteiger partial charge < -0.3 is 9.73 Å². The molecule has 1 heterocycles. The summed E-state index contributed by atoms with van der Waals surface area (Å²) in [6.45, 7) is 4.01. The van der Waals surface area contributed by atoms with Gasteiger partial charge in [-0.1, -0.05) is 23.8 Å². The molecule has 3 N–H and O–H groups in total. The van der Waals surface area contributed by atoms with Crippen LogP contribution in [0.5, 0.6) is 0 Å². The number of hydrogen-bond donors (Lipinski definition) is 3. The molecule has 0 atom stereocenters. The van der Waals surface area contributed by atoms with E-state index in [0.29, 0.717) is 5.76 Å². The van der Waals surface area contributed by atoms with Gasteiger partial charge in [0.25, 0.3) is 5.91 Å². The molecule has 130 valence electrons. The first-order valence-electron chi connectivity index (χ1n) is 7.61. The van der Waals surface area contributed by atoms with Crippen molar-refractivity contribution in [1.29, 1.82) is 0 Å². The van der Waals surface area contributed by atoms with Crippen LogP contribution < -0.4 is 16.2 Å². The number of hydrazine groups is 1. The first-order chi connectivity index (χ1) is 12.0. The van der Waals surface area contributed by atoms with Gasteiger partial charge in [0.2, 0.25) is 0 Å². The number of aryl methyl sites for hydroxylation is 2. The quantitative estimate of drug-likeness (QED) is 0.444. The van der Waals surface area contributed by atoms with Crippen molar-refractivity contribution >= 4 is 23.8 Å². The standard InChI is InChI=1S/C18H19N3O4/c1-12-5-6-14(13(2)10-12)7-8-16(22)20-21-18(24)17(23)19-11-15-4-3-9-25-15/h3-10H,11H2,1-2H3,(H,19,23)(H,20,22)(H,21,24). The molecule has 0 bridgehead atoms. The van der Waals surface area contributed by atoms with Gasteiger partial charge in [-0.05, 0) is 43.2 Å². The van der Waals surface area contributed by atoms with Crippen molar-refractivity contribution < 1.29 is 18.8 Å². The van der Waals surface area contributed by atoms with E-state index < -0.39 is 17.7 Å². The second kappa shape index (κ2) is 8.49. The minimum atomic E-state index is -0.972. The fraction of sp³-hybridized carbons (Fsp3) is 0.167. The summed E-state index contributed by atoms with van der Waals surface area (Å²) in [6, 6.07) is 9.18. The average molecular weight is 341 g/mol. The maximum Gasteiger partial charge on any atom is 0.327 e. The van der Waals surface area contributed by atoms with Gasteiger partial charge in [-0.3, -0.25) is 25.2 Å². The van der Waals surface area contributed by atoms with Gasteiger partial charge in [0.1, 0.15) is 5.76 Å². The highest BCUT2D eigenvalue weighted by molar-refractivity contribution is 6.35. The fourth-order valence-electron chi connectivity index (χ4n) is 2.06. The zero-order valence-electron chi connectivity index (χ0n) is 14.0. The minimum absolute atomic E-state index is 0.0831. The van der Waals surface area contributed by atoms with Crippen LogP contribution in [0.15, 0.2) is 47.1 Å². The molecule has 0 spiro atoms. The van der Waals surface area contributed by atoms with E-state index in [4.69, 9.17) is 4.42 Å². The Bertz CT molecular complexity index is 795. The Kier molecular flexibility index (Phi) is 6.11. The molecule has 0 aliphatic rings. The zero-order chi connectivity index (χ0) is 18.2. The van der Waals surface area contributed by atoms with Crippen molar-refractivity contribution in [2.45, 2.75) is 20.4 Å². The maximum atomic E-state index is 11.7. The van der Waals surface area contributed by atoms with E-state index in [9.17, 15) is 14.4 Å². The van der Waals surface area contributed by atoms with Gasteiger partial charge in [0, 0.05) is 6.08 Å². The Labute approximate surface area is 145 Å². The second-order valence-electron chi connectivity index (χ2n) is 5.40. The number of carbonyl (C=O) groups is 3. The number of carbonyl (C=O) groups excluding carboxylic acids is 3. The van der Waals surface area contributed by atoms with E-state index in [1.54, 1.807) is 18.2 Å². The molecule has 0 aliphatic carbocycles. The molecule has 0 unspecified atom stereocenters. The van der Waals surface area contributed by atoms with E-state index in [1.807, 2.05) is 37.5 Å². The summed E-state index contributed by atoms with van der Waals surface area (Å²) in [5.74, 6) is -1.89. The number of furan rings is 1. The second-order valence-corrected chi connectivity index (χ2v) is 5.40. The molecule has 0 radical (unpaired) electrons. The number of amides is 3. The Morgan fingerprint density at radius 1 is 1.08 bits per heavy atom. The highest BCUT2D eigenvalue weighted by atomic mass is 16.3. The van der Waals surface area contributed by atoms with Crippen molar-refractivity contribution in [2.75, 3.05) is 0 Å². The summed E-state index contributed by atoms with van der Waals surface area (Å²) < 4.78 is 5.03. The van der Waals surface area contributed by atoms with Gasteiger partial charge in [-0.25, -0.2) is 0 Å². The molecule has 7 heteroatoms. The smallest absolute Gasteiger partial charge is 0.327 e. The molecule has 0 saturated heterocycles. The lowest BCUT2D eigenvalue weighted by Crippen LogP contribution is -2.47. The van der Waals surface area contributed by atoms with Crippen LogP contribution in [-0.2, 0) is 20.9 Å². The molecule has 7 nitrogen and oxygen atoms in total. The number of hydrogen-bond acceptors (Lipinski definition) is 4. The molecule has 0 saturated carbocycles. The third-order valence-electron chi connectivity index (χ3n) is 3.35. The molecule has 1 aromatic heterocycles. The molecule has 3 amide bonds. The maximum absolute atomic E-state index is 11.7. The normalized spacial score (nSPS) is 10.5. The molecule has 1 aromatic carbocycles. The Morgan fingerprint density at radius 2 is 1.88 bits per heavy atom. The summed E-state index contributed by atoms with van der Waals surface area (Å²) in [5.41, 5.74) is 7.24. The van der Waals surface area contributed by atoms with E-state index >= 15 is 0 Å². The lowest BCUT2D eigenvalue weighted by atomic mass is 10.1. The monoisotopic (exact) mass is 341 g/mol. The highest BCUT2D eigenvalue weighted by Crippen LogP contribution is 2.11. The lowest BCUT2D eigenvalue weighted by molar-refractivity contribution is -0.140. The van der Waals surface area contributed by atoms with Crippen LogP contribution in [-0.4, -0.2) is 17.7 Å². The predicted molar refractivity (Wildman–Crippen MR) is 91.8 cm³/mol. The zero-order valence-corrected chi connectivity index (χ0v) is 14.0. The summed E-state index contributed by atoms with van der Waals surface area (Å²) in [7, 11) is 0. The van der Waals surface area contributed by atoms with Crippen molar-refractivity contribution in [3.63, 3.8) is 0 Å². The van der Waals surface area contributed by atoms with Gasteiger partial charge in [-0.15, -0.1) is 0 Å². The van der Waals surface area contributed by atoms with Crippen LogP contribution in [0.3, 0.4) is 0 Å². The number of benzene rings is 1. The van der Waals surface area contributed by atoms with E-state index in [2.05, 4.69) is 10.7 Å². The van der Waals surface area contributed by atoms with E-state index in [-0.39, 0.29) is 6.54 Å². The van der Waals surface area contributed by atoms with E-state index in [1.165, 1.54) is 12.3 Å². The molecule has 0 aliphatic heterocycles. The van der Waals surface area contributed by atoms with Gasteiger partial charge >= 0.3 is 11.8 Å². The van der Waals surface area contributed by atoms with Crippen LogP contribution in [0.25, 0.3) is 6.08 Å². The number of nitrogens with one attached hydrogen (secondary N) is 3. The Morgan fingerprint density at radius 3 is 2.56 bits per heavy atom. The molecular formula is C18H19N3O4. The molecular weight excluding hydrogens is 322 g/mol. The summed E-state index contributed by atoms with van der Waals surface area (Å²) >= 11 is 0. The van der Waals surface area contributed by atoms with Gasteiger partial charge in [0.15, 0.2) is 0 Å². The Balaban J connectivity index is 1.77. The first-order valence-corrected chi connectivity index (χ1v) is 7.61. The topological polar surface area (TPSA) is 100 Å². The van der Waals surface area contributed by atoms with Crippen molar-refractivity contribution in [3.05, 3.63) is 65.1 Å². The predicted octanol–water partition coefficient (Wildman–Crippen LogP) is 1.37. The third kappa shape index (κ3) is 5.65. The van der Waals surface area contributed by atoms with E-state index in [0.717, 1.165) is 16.7 Å². The largest absolute Gasteiger partial charge is 0.467 e. The SMILES string of the molecule is Cc1ccc(C=CC(=O)NNC(=O)C(=O)NCc2ccco2)c(C)c1. The summed E-state index contributed by atoms with van der Waals surface area (Å²) in [4.78, 5) is 34.9. The van der Waals surface area contributed by atoms with Crippen molar-refractivity contribution in [2.24, 2.45) is 0 Å². The summed E-state index contributed by atoms with van der Waals surface area (Å²) in [5, 5.41) is 2.37. The molecule has 2 rings (SSSR count). The lowest BCUT2D eigenvalue weighted by Gasteiger charge is -2.06. The van der Waals surface area contributed by atoms with Crippen molar-refractivity contribution in [3.8, 4) is 0 Å². The first kappa shape index (κ1) is 18.0. The third-order valence-corrected chi connectivity index (χ3v) is 3.35. The highest BCUT2D eigenvalue weighted by Gasteiger charge is 2.13. The molecule has 0 fully saturated rings. The Hall–Kier alpha value is -3.35. The van der Waals surface area contributed by atoms with Crippen LogP contribution in [0.4, 0.5) is 0 Å². The van der Waals surface area contributed by atoms with Crippen LogP contribution >= 0.6 is 0 Å². The average Bonchev–Trinajstić information content (AvgIpc) is 3.10.